The molecule has 0 bridgehead atoms. The van der Waals surface area contributed by atoms with E-state index in [1.54, 1.807) is 0 Å². The van der Waals surface area contributed by atoms with Crippen molar-refractivity contribution in [2.24, 2.45) is 0 Å². The summed E-state index contributed by atoms with van der Waals surface area (Å²) in [6, 6.07) is 8.14. The van der Waals surface area contributed by atoms with Gasteiger partial charge in [-0.15, -0.1) is 11.3 Å². The number of benzene rings is 1. The Balaban J connectivity index is 1.93. The van der Waals surface area contributed by atoms with Crippen LogP contribution in [-0.2, 0) is 4.79 Å². The maximum Gasteiger partial charge on any atom is 0.254 e. The molecule has 0 spiro atoms. The molecule has 0 saturated carbocycles. The van der Waals surface area contributed by atoms with E-state index < -0.39 is 0 Å². The van der Waals surface area contributed by atoms with E-state index in [1.807, 2.05) is 36.6 Å². The van der Waals surface area contributed by atoms with E-state index in [0.717, 1.165) is 11.3 Å². The van der Waals surface area contributed by atoms with Crippen molar-refractivity contribution < 1.29 is 4.79 Å². The van der Waals surface area contributed by atoms with Crippen molar-refractivity contribution in [1.82, 2.24) is 10.3 Å². The van der Waals surface area contributed by atoms with Gasteiger partial charge >= 0.3 is 0 Å². The molecule has 1 fully saturated rings. The third-order valence-electron chi connectivity index (χ3n) is 2.87. The number of nitrogens with zero attached hydrogens (tertiary/aromatic N) is 2. The van der Waals surface area contributed by atoms with Gasteiger partial charge in [0, 0.05) is 10.9 Å². The van der Waals surface area contributed by atoms with Crippen molar-refractivity contribution in [3.63, 3.8) is 0 Å². The molecule has 1 aromatic carbocycles. The maximum absolute atomic E-state index is 11.7. The Kier molecular flexibility index (Phi) is 3.04. The average molecular weight is 289 g/mol. The normalized spacial score (nSPS) is 14.9. The molecule has 3 rings (SSSR count). The molecule has 19 heavy (non-hydrogen) atoms. The van der Waals surface area contributed by atoms with Crippen molar-refractivity contribution >= 4 is 39.7 Å². The van der Waals surface area contributed by atoms with E-state index in [9.17, 15) is 4.79 Å². The summed E-state index contributed by atoms with van der Waals surface area (Å²) in [5.41, 5.74) is 3.11. The lowest BCUT2D eigenvalue weighted by Gasteiger charge is -2.09. The number of aromatic nitrogens is 1. The summed E-state index contributed by atoms with van der Waals surface area (Å²) in [6.07, 6.45) is 0. The first kappa shape index (κ1) is 12.3. The zero-order valence-electron chi connectivity index (χ0n) is 10.2. The molecular formula is C13H11N3OS2. The molecule has 1 N–H and O–H groups in total. The van der Waals surface area contributed by atoms with Crippen molar-refractivity contribution in [3.05, 3.63) is 35.2 Å². The summed E-state index contributed by atoms with van der Waals surface area (Å²) in [6.45, 7) is 2.29. The number of nitrogens with one attached hydrogen (secondary N) is 1. The third-order valence-corrected chi connectivity index (χ3v) is 4.03. The molecule has 2 aromatic rings. The van der Waals surface area contributed by atoms with Gasteiger partial charge in [0.25, 0.3) is 5.91 Å². The molecule has 0 radical (unpaired) electrons. The number of carbonyl (C=O) groups excluding carboxylic acids is 1. The number of thiazole rings is 1. The highest BCUT2D eigenvalue weighted by Gasteiger charge is 2.29. The molecule has 1 saturated heterocycles. The second-order valence-electron chi connectivity index (χ2n) is 4.27. The molecule has 96 valence electrons. The molecule has 0 unspecified atom stereocenters. The summed E-state index contributed by atoms with van der Waals surface area (Å²) in [5.74, 6) is -0.0604. The number of hydrogen-bond donors (Lipinski definition) is 1. The lowest BCUT2D eigenvalue weighted by atomic mass is 10.1. The lowest BCUT2D eigenvalue weighted by molar-refractivity contribution is -0.115. The first-order valence-electron chi connectivity index (χ1n) is 5.78. The Morgan fingerprint density at radius 1 is 1.37 bits per heavy atom. The molecular weight excluding hydrogens is 278 g/mol. The summed E-state index contributed by atoms with van der Waals surface area (Å²) >= 11 is 6.52. The zero-order valence-corrected chi connectivity index (χ0v) is 11.8. The quantitative estimate of drug-likeness (QED) is 0.862. The van der Waals surface area contributed by atoms with E-state index in [1.165, 1.54) is 21.8 Å². The van der Waals surface area contributed by atoms with Crippen LogP contribution in [0.2, 0.25) is 0 Å². The summed E-state index contributed by atoms with van der Waals surface area (Å²) in [5, 5.41) is 5.83. The number of anilines is 1. The minimum absolute atomic E-state index is 0.0604. The van der Waals surface area contributed by atoms with Gasteiger partial charge in [0.2, 0.25) is 0 Å². The van der Waals surface area contributed by atoms with Crippen LogP contribution in [0.25, 0.3) is 11.3 Å². The fraction of sp³-hybridized carbons (Fsp3) is 0.154. The van der Waals surface area contributed by atoms with Crippen molar-refractivity contribution in [1.29, 1.82) is 0 Å². The monoisotopic (exact) mass is 289 g/mol. The molecule has 0 atom stereocenters. The van der Waals surface area contributed by atoms with Crippen LogP contribution in [0.15, 0.2) is 29.6 Å². The van der Waals surface area contributed by atoms with E-state index in [2.05, 4.69) is 10.3 Å². The second kappa shape index (κ2) is 4.71. The predicted molar refractivity (Wildman–Crippen MR) is 80.4 cm³/mol. The highest BCUT2D eigenvalue weighted by molar-refractivity contribution is 7.80. The smallest absolute Gasteiger partial charge is 0.254 e. The van der Waals surface area contributed by atoms with Crippen molar-refractivity contribution in [2.75, 3.05) is 11.4 Å². The molecule has 2 heterocycles. The van der Waals surface area contributed by atoms with Gasteiger partial charge in [-0.3, -0.25) is 4.79 Å². The van der Waals surface area contributed by atoms with Crippen LogP contribution >= 0.6 is 23.6 Å². The molecule has 4 nitrogen and oxygen atoms in total. The maximum atomic E-state index is 11.7. The summed E-state index contributed by atoms with van der Waals surface area (Å²) in [7, 11) is 0. The summed E-state index contributed by atoms with van der Waals surface area (Å²) < 4.78 is 0. The fourth-order valence-corrected chi connectivity index (χ4v) is 3.01. The molecule has 1 aliphatic rings. The molecule has 1 aromatic heterocycles. The molecule has 1 aliphatic heterocycles. The largest absolute Gasteiger partial charge is 0.353 e. The number of rotatable bonds is 2. The van der Waals surface area contributed by atoms with Crippen LogP contribution in [0, 0.1) is 6.92 Å². The van der Waals surface area contributed by atoms with Crippen LogP contribution in [0.1, 0.15) is 5.56 Å². The first-order chi connectivity index (χ1) is 9.15. The second-order valence-corrected chi connectivity index (χ2v) is 5.49. The highest BCUT2D eigenvalue weighted by atomic mass is 32.1. The van der Waals surface area contributed by atoms with Gasteiger partial charge in [0.15, 0.2) is 10.2 Å². The summed E-state index contributed by atoms with van der Waals surface area (Å²) in [4.78, 5) is 17.7. The number of thiocarbonyl (C=S) groups is 1. The van der Waals surface area contributed by atoms with Gasteiger partial charge in [-0.2, -0.15) is 0 Å². The number of hydrogen-bond acceptors (Lipinski definition) is 4. The predicted octanol–water partition coefficient (Wildman–Crippen LogP) is 2.34. The Hall–Kier alpha value is -1.79. The van der Waals surface area contributed by atoms with Crippen LogP contribution in [-0.4, -0.2) is 22.5 Å². The highest BCUT2D eigenvalue weighted by Crippen LogP contribution is 2.28. The minimum Gasteiger partial charge on any atom is -0.353 e. The fourth-order valence-electron chi connectivity index (χ4n) is 1.84. The first-order valence-corrected chi connectivity index (χ1v) is 7.07. The Morgan fingerprint density at radius 2 is 2.11 bits per heavy atom. The van der Waals surface area contributed by atoms with Gasteiger partial charge in [-0.1, -0.05) is 29.8 Å². The van der Waals surface area contributed by atoms with E-state index >= 15 is 0 Å². The van der Waals surface area contributed by atoms with Gasteiger partial charge in [-0.25, -0.2) is 9.88 Å². The Labute approximate surface area is 120 Å². The van der Waals surface area contributed by atoms with E-state index in [4.69, 9.17) is 12.2 Å². The minimum atomic E-state index is -0.0604. The average Bonchev–Trinajstić information content (AvgIpc) is 2.98. The van der Waals surface area contributed by atoms with Gasteiger partial charge in [-0.05, 0) is 19.1 Å². The van der Waals surface area contributed by atoms with Gasteiger partial charge in [0.1, 0.15) is 0 Å². The van der Waals surface area contributed by atoms with Crippen molar-refractivity contribution in [2.45, 2.75) is 6.92 Å². The topological polar surface area (TPSA) is 45.2 Å². The Morgan fingerprint density at radius 3 is 2.74 bits per heavy atom. The molecule has 6 heteroatoms. The van der Waals surface area contributed by atoms with Crippen LogP contribution in [0.5, 0.6) is 0 Å². The van der Waals surface area contributed by atoms with E-state index in [0.29, 0.717) is 10.2 Å². The van der Waals surface area contributed by atoms with Crippen LogP contribution < -0.4 is 10.2 Å². The van der Waals surface area contributed by atoms with Crippen LogP contribution in [0.3, 0.4) is 0 Å². The Bertz CT molecular complexity index is 632. The number of amides is 1. The number of aryl methyl sites for hydroxylation is 1. The third kappa shape index (κ3) is 2.24. The number of carbonyl (C=O) groups is 1. The van der Waals surface area contributed by atoms with E-state index in [-0.39, 0.29) is 12.5 Å². The van der Waals surface area contributed by atoms with Crippen LogP contribution in [0.4, 0.5) is 5.13 Å². The van der Waals surface area contributed by atoms with Gasteiger partial charge in [0.05, 0.1) is 12.2 Å². The van der Waals surface area contributed by atoms with Crippen molar-refractivity contribution in [3.8, 4) is 11.3 Å². The lowest BCUT2D eigenvalue weighted by Crippen LogP contribution is -2.30. The zero-order chi connectivity index (χ0) is 13.4. The molecule has 0 aliphatic carbocycles. The standard InChI is InChI=1S/C13H11N3OS2/c1-8-2-4-9(5-3-8)10-7-19-13(15-10)16-11(17)6-14-12(16)18/h2-5,7H,6H2,1H3,(H,14,18). The SMILES string of the molecule is Cc1ccc(-c2csc(N3C(=O)CNC3=S)n2)cc1. The molecule has 1 amide bonds. The van der Waals surface area contributed by atoms with Gasteiger partial charge < -0.3 is 5.32 Å².